The van der Waals surface area contributed by atoms with Crippen LogP contribution in [0, 0.1) is 6.92 Å². The summed E-state index contributed by atoms with van der Waals surface area (Å²) in [5.41, 5.74) is 1.09. The van der Waals surface area contributed by atoms with Gasteiger partial charge >= 0.3 is 6.18 Å². The van der Waals surface area contributed by atoms with Crippen LogP contribution in [-0.4, -0.2) is 48.0 Å². The van der Waals surface area contributed by atoms with Crippen molar-refractivity contribution < 1.29 is 22.7 Å². The molecule has 0 radical (unpaired) electrons. The van der Waals surface area contributed by atoms with Crippen molar-refractivity contribution in [3.8, 4) is 0 Å². The Labute approximate surface area is 170 Å². The number of morpholine rings is 1. The highest BCUT2D eigenvalue weighted by Gasteiger charge is 2.35. The van der Waals surface area contributed by atoms with Crippen LogP contribution in [0.2, 0.25) is 5.02 Å². The maximum atomic E-state index is 13.0. The lowest BCUT2D eigenvalue weighted by Crippen LogP contribution is -2.37. The average Bonchev–Trinajstić information content (AvgIpc) is 2.69. The Kier molecular flexibility index (Phi) is 6.13. The fourth-order valence-electron chi connectivity index (χ4n) is 3.00. The van der Waals surface area contributed by atoms with E-state index in [0.717, 1.165) is 23.7 Å². The van der Waals surface area contributed by atoms with Crippen LogP contribution in [-0.2, 0) is 15.7 Å². The van der Waals surface area contributed by atoms with Gasteiger partial charge in [0.1, 0.15) is 17.5 Å². The van der Waals surface area contributed by atoms with Gasteiger partial charge in [-0.3, -0.25) is 4.79 Å². The van der Waals surface area contributed by atoms with Crippen LogP contribution in [0.3, 0.4) is 0 Å². The number of hydrogen-bond acceptors (Lipinski definition) is 6. The lowest BCUT2D eigenvalue weighted by atomic mass is 10.0. The van der Waals surface area contributed by atoms with Crippen LogP contribution >= 0.6 is 11.6 Å². The smallest absolute Gasteiger partial charge is 0.372 e. The molecule has 1 amide bonds. The molecule has 1 unspecified atom stereocenters. The normalized spacial score (nSPS) is 17.2. The van der Waals surface area contributed by atoms with Crippen LogP contribution in [0.1, 0.15) is 22.8 Å². The fourth-order valence-corrected chi connectivity index (χ4v) is 3.28. The number of carbonyl (C=O) groups excluding carboxylic acids is 1. The molecular formula is C18H19ClF3N5O2. The Bertz CT molecular complexity index is 910. The Morgan fingerprint density at radius 2 is 2.14 bits per heavy atom. The summed E-state index contributed by atoms with van der Waals surface area (Å²) in [4.78, 5) is 20.3. The molecule has 1 fully saturated rings. The lowest BCUT2D eigenvalue weighted by Gasteiger charge is -2.31. The van der Waals surface area contributed by atoms with E-state index in [1.165, 1.54) is 7.05 Å². The van der Waals surface area contributed by atoms with Gasteiger partial charge in [-0.15, -0.1) is 0 Å². The highest BCUT2D eigenvalue weighted by molar-refractivity contribution is 6.31. The van der Waals surface area contributed by atoms with Gasteiger partial charge in [-0.1, -0.05) is 11.6 Å². The number of anilines is 3. The number of carbonyl (C=O) groups is 1. The second kappa shape index (κ2) is 8.42. The first-order chi connectivity index (χ1) is 13.7. The quantitative estimate of drug-likeness (QED) is 0.704. The van der Waals surface area contributed by atoms with Crippen molar-refractivity contribution in [3.05, 3.63) is 40.0 Å². The Balaban J connectivity index is 1.85. The molecule has 1 aliphatic heterocycles. The van der Waals surface area contributed by atoms with E-state index in [9.17, 15) is 18.0 Å². The van der Waals surface area contributed by atoms with Gasteiger partial charge in [0, 0.05) is 36.1 Å². The van der Waals surface area contributed by atoms with Crippen LogP contribution in [0.5, 0.6) is 0 Å². The largest absolute Gasteiger partial charge is 0.421 e. The van der Waals surface area contributed by atoms with E-state index >= 15 is 0 Å². The minimum Gasteiger partial charge on any atom is -0.372 e. The summed E-state index contributed by atoms with van der Waals surface area (Å²) in [6, 6.07) is 3.45. The zero-order valence-corrected chi connectivity index (χ0v) is 16.4. The van der Waals surface area contributed by atoms with Gasteiger partial charge in [-0.05, 0) is 24.6 Å². The lowest BCUT2D eigenvalue weighted by molar-refractivity contribution is -0.137. The molecule has 0 spiro atoms. The molecule has 2 N–H and O–H groups in total. The van der Waals surface area contributed by atoms with E-state index in [2.05, 4.69) is 20.6 Å². The molecule has 1 aromatic carbocycles. The number of nitrogens with one attached hydrogen (secondary N) is 2. The molecule has 2 heterocycles. The third-order valence-corrected chi connectivity index (χ3v) is 4.84. The van der Waals surface area contributed by atoms with E-state index in [4.69, 9.17) is 16.3 Å². The molecule has 0 aliphatic carbocycles. The number of ether oxygens (including phenoxy) is 1. The first-order valence-electron chi connectivity index (χ1n) is 8.73. The number of nitrogens with zero attached hydrogens (tertiary/aromatic N) is 3. The van der Waals surface area contributed by atoms with Gasteiger partial charge in [0.05, 0.1) is 13.2 Å². The minimum absolute atomic E-state index is 0.00434. The van der Waals surface area contributed by atoms with E-state index in [1.807, 2.05) is 13.0 Å². The Hall–Kier alpha value is -2.59. The van der Waals surface area contributed by atoms with Crippen molar-refractivity contribution in [2.45, 2.75) is 19.2 Å². The molecular weight excluding hydrogens is 411 g/mol. The summed E-state index contributed by atoms with van der Waals surface area (Å²) >= 11 is 6.41. The number of aryl methyl sites for hydroxylation is 1. The zero-order chi connectivity index (χ0) is 21.2. The molecule has 0 bridgehead atoms. The first-order valence-corrected chi connectivity index (χ1v) is 9.10. The predicted octanol–water partition coefficient (Wildman–Crippen LogP) is 3.77. The molecule has 1 saturated heterocycles. The van der Waals surface area contributed by atoms with Crippen molar-refractivity contribution in [2.75, 3.05) is 37.4 Å². The summed E-state index contributed by atoms with van der Waals surface area (Å²) in [5.74, 6) is -0.338. The number of aromatic nitrogens is 2. The van der Waals surface area contributed by atoms with Gasteiger partial charge in [-0.2, -0.15) is 18.2 Å². The monoisotopic (exact) mass is 429 g/mol. The minimum atomic E-state index is -4.56. The zero-order valence-electron chi connectivity index (χ0n) is 15.7. The first kappa shape index (κ1) is 21.1. The van der Waals surface area contributed by atoms with Crippen molar-refractivity contribution in [1.82, 2.24) is 14.9 Å². The van der Waals surface area contributed by atoms with Crippen molar-refractivity contribution in [3.63, 3.8) is 0 Å². The standard InChI is InChI=1S/C18H19ClF3N5O2/c1-10-5-11(15-8-27(9-28)3-4-29-15)13(19)6-14(10)25-17-24-7-12(18(20,21)22)16(23-2)26-17/h5-7,9,15H,3-4,8H2,1-2H3,(H2,23,24,25,26). The van der Waals surface area contributed by atoms with E-state index in [1.54, 1.807) is 11.0 Å². The Morgan fingerprint density at radius 3 is 2.79 bits per heavy atom. The SMILES string of the molecule is CNc1nc(Nc2cc(Cl)c(C3CN(C=O)CCO3)cc2C)ncc1C(F)(F)F. The number of hydrogen-bond donors (Lipinski definition) is 2. The average molecular weight is 430 g/mol. The summed E-state index contributed by atoms with van der Waals surface area (Å²) in [5, 5.41) is 5.72. The number of amides is 1. The highest BCUT2D eigenvalue weighted by atomic mass is 35.5. The van der Waals surface area contributed by atoms with E-state index in [0.29, 0.717) is 30.4 Å². The van der Waals surface area contributed by atoms with Crippen molar-refractivity contribution in [1.29, 1.82) is 0 Å². The van der Waals surface area contributed by atoms with Crippen LogP contribution in [0.15, 0.2) is 18.3 Å². The second-order valence-electron chi connectivity index (χ2n) is 6.48. The summed E-state index contributed by atoms with van der Waals surface area (Å²) in [6.45, 7) is 3.13. The molecule has 7 nitrogen and oxygen atoms in total. The number of halogens is 4. The van der Waals surface area contributed by atoms with Crippen LogP contribution in [0.25, 0.3) is 0 Å². The molecule has 3 rings (SSSR count). The molecule has 1 atom stereocenters. The van der Waals surface area contributed by atoms with Crippen molar-refractivity contribution >= 4 is 35.5 Å². The summed E-state index contributed by atoms with van der Waals surface area (Å²) in [7, 11) is 1.35. The molecule has 1 aromatic heterocycles. The van der Waals surface area contributed by atoms with E-state index < -0.39 is 11.7 Å². The van der Waals surface area contributed by atoms with Crippen LogP contribution < -0.4 is 10.6 Å². The third-order valence-electron chi connectivity index (χ3n) is 4.51. The molecule has 0 saturated carbocycles. The topological polar surface area (TPSA) is 79.4 Å². The van der Waals surface area contributed by atoms with Gasteiger partial charge in [-0.25, -0.2) is 4.98 Å². The maximum Gasteiger partial charge on any atom is 0.421 e. The Morgan fingerprint density at radius 1 is 1.38 bits per heavy atom. The highest BCUT2D eigenvalue weighted by Crippen LogP contribution is 2.35. The molecule has 11 heteroatoms. The number of benzene rings is 1. The van der Waals surface area contributed by atoms with Gasteiger partial charge < -0.3 is 20.3 Å². The van der Waals surface area contributed by atoms with Gasteiger partial charge in [0.25, 0.3) is 0 Å². The van der Waals surface area contributed by atoms with Crippen LogP contribution in [0.4, 0.5) is 30.6 Å². The molecule has 156 valence electrons. The number of alkyl halides is 3. The fraction of sp³-hybridized carbons (Fsp3) is 0.389. The molecule has 1 aliphatic rings. The second-order valence-corrected chi connectivity index (χ2v) is 6.88. The van der Waals surface area contributed by atoms with E-state index in [-0.39, 0.29) is 17.9 Å². The van der Waals surface area contributed by atoms with Gasteiger partial charge in [0.2, 0.25) is 12.4 Å². The predicted molar refractivity (Wildman–Crippen MR) is 102 cm³/mol. The molecule has 29 heavy (non-hydrogen) atoms. The molecule has 2 aromatic rings. The summed E-state index contributed by atoms with van der Waals surface area (Å²) < 4.78 is 44.7. The number of rotatable bonds is 5. The summed E-state index contributed by atoms with van der Waals surface area (Å²) in [6.07, 6.45) is -3.43. The van der Waals surface area contributed by atoms with Crippen molar-refractivity contribution in [2.24, 2.45) is 0 Å². The van der Waals surface area contributed by atoms with Gasteiger partial charge in [0.15, 0.2) is 0 Å². The third kappa shape index (κ3) is 4.70. The maximum absolute atomic E-state index is 13.0.